The Morgan fingerprint density at radius 1 is 1.04 bits per heavy atom. The molecule has 3 aliphatic rings. The quantitative estimate of drug-likeness (QED) is 0.846. The van der Waals surface area contributed by atoms with Crippen LogP contribution in [0.3, 0.4) is 0 Å². The fourth-order valence-electron chi connectivity index (χ4n) is 5.72. The van der Waals surface area contributed by atoms with Gasteiger partial charge in [0.15, 0.2) is 0 Å². The molecule has 0 aromatic heterocycles. The monoisotopic (exact) mass is 383 g/mol. The third-order valence-electron chi connectivity index (χ3n) is 7.58. The number of nitrogens with zero attached hydrogens (tertiary/aromatic N) is 2. The van der Waals surface area contributed by atoms with Gasteiger partial charge in [-0.2, -0.15) is 0 Å². The highest BCUT2D eigenvalue weighted by molar-refractivity contribution is 5.79. The van der Waals surface area contributed by atoms with Gasteiger partial charge in [-0.1, -0.05) is 43.2 Å². The van der Waals surface area contributed by atoms with E-state index in [1.165, 1.54) is 63.7 Å². The predicted octanol–water partition coefficient (Wildman–Crippen LogP) is 3.42. The first kappa shape index (κ1) is 19.9. The number of carbonyl (C=O) groups excluding carboxylic acids is 1. The van der Waals surface area contributed by atoms with Gasteiger partial charge in [0.05, 0.1) is 5.92 Å². The molecule has 2 aliphatic heterocycles. The number of benzene rings is 1. The molecule has 1 aliphatic carbocycles. The fraction of sp³-hybridized carbons (Fsp3) is 0.708. The number of likely N-dealkylation sites (tertiary alicyclic amines) is 2. The highest BCUT2D eigenvalue weighted by Crippen LogP contribution is 2.40. The Balaban J connectivity index is 1.34. The summed E-state index contributed by atoms with van der Waals surface area (Å²) in [6, 6.07) is 11.5. The van der Waals surface area contributed by atoms with Gasteiger partial charge in [-0.05, 0) is 70.8 Å². The second-order valence-corrected chi connectivity index (χ2v) is 9.44. The van der Waals surface area contributed by atoms with Gasteiger partial charge >= 0.3 is 0 Å². The van der Waals surface area contributed by atoms with Gasteiger partial charge in [0.2, 0.25) is 5.91 Å². The zero-order chi connectivity index (χ0) is 19.4. The van der Waals surface area contributed by atoms with Crippen LogP contribution in [-0.4, -0.2) is 61.5 Å². The van der Waals surface area contributed by atoms with E-state index < -0.39 is 0 Å². The van der Waals surface area contributed by atoms with E-state index in [1.54, 1.807) is 0 Å². The van der Waals surface area contributed by atoms with Crippen LogP contribution in [0.25, 0.3) is 0 Å². The molecular formula is C24H37N3O. The average Bonchev–Trinajstić information content (AvgIpc) is 3.23. The van der Waals surface area contributed by atoms with Crippen molar-refractivity contribution in [1.29, 1.82) is 0 Å². The smallest absolute Gasteiger partial charge is 0.224 e. The summed E-state index contributed by atoms with van der Waals surface area (Å²) in [5, 5.41) is 3.39. The summed E-state index contributed by atoms with van der Waals surface area (Å²) < 4.78 is 0. The first-order chi connectivity index (χ1) is 13.7. The Morgan fingerprint density at radius 3 is 2.46 bits per heavy atom. The van der Waals surface area contributed by atoms with E-state index in [0.717, 1.165) is 25.9 Å². The number of nitrogens with one attached hydrogen (secondary N) is 1. The van der Waals surface area contributed by atoms with Crippen molar-refractivity contribution < 1.29 is 4.79 Å². The van der Waals surface area contributed by atoms with Crippen LogP contribution in [-0.2, 0) is 10.2 Å². The molecule has 0 bridgehead atoms. The van der Waals surface area contributed by atoms with E-state index in [-0.39, 0.29) is 11.3 Å². The maximum Gasteiger partial charge on any atom is 0.224 e. The Bertz CT molecular complexity index is 633. The van der Waals surface area contributed by atoms with Gasteiger partial charge in [0.1, 0.15) is 0 Å². The largest absolute Gasteiger partial charge is 0.355 e. The number of hydrogen-bond donors (Lipinski definition) is 1. The number of rotatable bonds is 5. The minimum absolute atomic E-state index is 0.152. The van der Waals surface area contributed by atoms with Crippen molar-refractivity contribution in [3.8, 4) is 0 Å². The number of hydrogen-bond acceptors (Lipinski definition) is 3. The Kier molecular flexibility index (Phi) is 6.37. The lowest BCUT2D eigenvalue weighted by Crippen LogP contribution is -2.51. The lowest BCUT2D eigenvalue weighted by Gasteiger charge is -2.41. The van der Waals surface area contributed by atoms with E-state index in [0.29, 0.717) is 11.9 Å². The van der Waals surface area contributed by atoms with Crippen molar-refractivity contribution in [3.63, 3.8) is 0 Å². The molecule has 1 N–H and O–H groups in total. The highest BCUT2D eigenvalue weighted by Gasteiger charge is 2.37. The third-order valence-corrected chi connectivity index (χ3v) is 7.58. The molecule has 3 fully saturated rings. The normalized spacial score (nSPS) is 27.0. The van der Waals surface area contributed by atoms with Gasteiger partial charge < -0.3 is 10.2 Å². The number of carbonyl (C=O) groups is 1. The molecule has 4 heteroatoms. The summed E-state index contributed by atoms with van der Waals surface area (Å²) >= 11 is 0. The van der Waals surface area contributed by atoms with Gasteiger partial charge in [0.25, 0.3) is 0 Å². The van der Waals surface area contributed by atoms with Gasteiger partial charge in [0, 0.05) is 24.5 Å². The van der Waals surface area contributed by atoms with Crippen LogP contribution in [0, 0.1) is 5.92 Å². The zero-order valence-electron chi connectivity index (χ0n) is 17.5. The molecule has 2 saturated heterocycles. The van der Waals surface area contributed by atoms with Gasteiger partial charge in [-0.3, -0.25) is 9.69 Å². The lowest BCUT2D eigenvalue weighted by atomic mass is 9.78. The van der Waals surface area contributed by atoms with Crippen molar-refractivity contribution in [3.05, 3.63) is 35.9 Å². The maximum absolute atomic E-state index is 13.1. The van der Waals surface area contributed by atoms with E-state index in [1.807, 2.05) is 0 Å². The van der Waals surface area contributed by atoms with Crippen molar-refractivity contribution in [2.24, 2.45) is 5.92 Å². The summed E-state index contributed by atoms with van der Waals surface area (Å²) in [6.07, 6.45) is 9.66. The molecule has 1 aromatic rings. The Morgan fingerprint density at radius 2 is 1.75 bits per heavy atom. The summed E-state index contributed by atoms with van der Waals surface area (Å²) in [5.41, 5.74) is 1.56. The molecule has 4 rings (SSSR count). The average molecular weight is 384 g/mol. The number of amides is 1. The molecule has 1 aromatic carbocycles. The van der Waals surface area contributed by atoms with Crippen molar-refractivity contribution in [2.75, 3.05) is 39.8 Å². The molecule has 0 unspecified atom stereocenters. The first-order valence-electron chi connectivity index (χ1n) is 11.4. The molecule has 0 spiro atoms. The third kappa shape index (κ3) is 4.44. The maximum atomic E-state index is 13.1. The predicted molar refractivity (Wildman–Crippen MR) is 114 cm³/mol. The summed E-state index contributed by atoms with van der Waals surface area (Å²) in [6.45, 7) is 5.32. The van der Waals surface area contributed by atoms with Crippen LogP contribution in [0.5, 0.6) is 0 Å². The zero-order valence-corrected chi connectivity index (χ0v) is 17.5. The van der Waals surface area contributed by atoms with E-state index in [9.17, 15) is 4.79 Å². The standard InChI is InChI=1S/C24H37N3O/c1-26-16-11-22(12-17-26)27-15-7-8-20(18-27)23(28)25-19-24(13-5-6-14-24)21-9-3-2-4-10-21/h2-4,9-10,20,22H,5-8,11-19H2,1H3,(H,25,28)/t20-/m1/s1. The number of piperidine rings is 2. The Labute approximate surface area is 170 Å². The van der Waals surface area contributed by atoms with E-state index in [2.05, 4.69) is 52.5 Å². The second-order valence-electron chi connectivity index (χ2n) is 9.44. The lowest BCUT2D eigenvalue weighted by molar-refractivity contribution is -0.127. The molecule has 0 radical (unpaired) electrons. The van der Waals surface area contributed by atoms with Crippen LogP contribution in [0.2, 0.25) is 0 Å². The second kappa shape index (κ2) is 8.96. The van der Waals surface area contributed by atoms with E-state index in [4.69, 9.17) is 0 Å². The molecule has 1 saturated carbocycles. The Hall–Kier alpha value is -1.39. The summed E-state index contributed by atoms with van der Waals surface area (Å²) in [5.74, 6) is 0.461. The van der Waals surface area contributed by atoms with Crippen molar-refractivity contribution >= 4 is 5.91 Å². The molecule has 4 nitrogen and oxygen atoms in total. The SMILES string of the molecule is CN1CCC(N2CCC[C@@H](C(=O)NCC3(c4ccccc4)CCCC3)C2)CC1. The van der Waals surface area contributed by atoms with Crippen LogP contribution in [0.15, 0.2) is 30.3 Å². The fourth-order valence-corrected chi connectivity index (χ4v) is 5.72. The molecule has 1 amide bonds. The van der Waals surface area contributed by atoms with Gasteiger partial charge in [-0.15, -0.1) is 0 Å². The van der Waals surface area contributed by atoms with Crippen LogP contribution in [0.1, 0.15) is 56.9 Å². The first-order valence-corrected chi connectivity index (χ1v) is 11.4. The molecule has 28 heavy (non-hydrogen) atoms. The van der Waals surface area contributed by atoms with Crippen LogP contribution >= 0.6 is 0 Å². The highest BCUT2D eigenvalue weighted by atomic mass is 16.1. The van der Waals surface area contributed by atoms with Crippen molar-refractivity contribution in [1.82, 2.24) is 15.1 Å². The minimum Gasteiger partial charge on any atom is -0.355 e. The van der Waals surface area contributed by atoms with Gasteiger partial charge in [-0.25, -0.2) is 0 Å². The topological polar surface area (TPSA) is 35.6 Å². The summed E-state index contributed by atoms with van der Waals surface area (Å²) in [7, 11) is 2.22. The van der Waals surface area contributed by atoms with Crippen molar-refractivity contribution in [2.45, 2.75) is 62.8 Å². The molecule has 2 heterocycles. The van der Waals surface area contributed by atoms with Crippen LogP contribution in [0.4, 0.5) is 0 Å². The molecule has 1 atom stereocenters. The van der Waals surface area contributed by atoms with Crippen LogP contribution < -0.4 is 5.32 Å². The van der Waals surface area contributed by atoms with E-state index >= 15 is 0 Å². The molecular weight excluding hydrogens is 346 g/mol. The summed E-state index contributed by atoms with van der Waals surface area (Å²) in [4.78, 5) is 18.1. The molecule has 154 valence electrons. The minimum atomic E-state index is 0.152.